The molecule has 1 saturated heterocycles. The van der Waals surface area contributed by atoms with Gasteiger partial charge in [0.1, 0.15) is 13.2 Å². The second kappa shape index (κ2) is 8.67. The number of likely N-dealkylation sites (tertiary alicyclic amines) is 1. The summed E-state index contributed by atoms with van der Waals surface area (Å²) in [6, 6.07) is 16.3. The van der Waals surface area contributed by atoms with Gasteiger partial charge in [0.15, 0.2) is 16.7 Å². The van der Waals surface area contributed by atoms with Crippen molar-refractivity contribution in [2.24, 2.45) is 7.05 Å². The van der Waals surface area contributed by atoms with Gasteiger partial charge in [-0.15, -0.1) is 0 Å². The zero-order valence-corrected chi connectivity index (χ0v) is 18.3. The van der Waals surface area contributed by atoms with Crippen LogP contribution in [0.25, 0.3) is 11.3 Å². The summed E-state index contributed by atoms with van der Waals surface area (Å²) in [7, 11) is 2.00. The minimum atomic E-state index is 0.0881. The van der Waals surface area contributed by atoms with Crippen molar-refractivity contribution in [3.05, 3.63) is 60.3 Å². The Morgan fingerprint density at radius 1 is 1.13 bits per heavy atom. The molecule has 2 aliphatic heterocycles. The molecule has 160 valence electrons. The maximum atomic E-state index is 13.1. The number of carbonyl (C=O) groups is 1. The predicted molar refractivity (Wildman–Crippen MR) is 120 cm³/mol. The molecule has 0 radical (unpaired) electrons. The van der Waals surface area contributed by atoms with E-state index in [2.05, 4.69) is 27.8 Å². The molecule has 1 fully saturated rings. The topological polar surface area (TPSA) is 56.6 Å². The number of ether oxygens (including phenoxy) is 2. The van der Waals surface area contributed by atoms with Crippen molar-refractivity contribution >= 4 is 17.7 Å². The lowest BCUT2D eigenvalue weighted by Gasteiger charge is -2.26. The first-order valence-corrected chi connectivity index (χ1v) is 11.6. The number of hydrogen-bond acceptors (Lipinski definition) is 5. The van der Waals surface area contributed by atoms with Crippen LogP contribution in [0, 0.1) is 0 Å². The van der Waals surface area contributed by atoms with Crippen LogP contribution in [0.2, 0.25) is 0 Å². The number of aromatic nitrogens is 2. The van der Waals surface area contributed by atoms with Crippen LogP contribution in [0.3, 0.4) is 0 Å². The van der Waals surface area contributed by atoms with Crippen LogP contribution in [-0.4, -0.2) is 45.9 Å². The van der Waals surface area contributed by atoms with Gasteiger partial charge >= 0.3 is 0 Å². The molecule has 2 aliphatic rings. The molecule has 6 nitrogen and oxygen atoms in total. The van der Waals surface area contributed by atoms with E-state index in [1.165, 1.54) is 11.8 Å². The van der Waals surface area contributed by atoms with Crippen LogP contribution < -0.4 is 9.47 Å². The number of benzene rings is 2. The third kappa shape index (κ3) is 4.02. The average molecular weight is 436 g/mol. The van der Waals surface area contributed by atoms with Crippen LogP contribution >= 0.6 is 11.8 Å². The third-order valence-corrected chi connectivity index (χ3v) is 6.89. The highest BCUT2D eigenvalue weighted by molar-refractivity contribution is 7.99. The summed E-state index contributed by atoms with van der Waals surface area (Å²) in [6.07, 6.45) is 3.85. The van der Waals surface area contributed by atoms with Gasteiger partial charge in [0, 0.05) is 13.6 Å². The largest absolute Gasteiger partial charge is 0.486 e. The molecule has 0 saturated carbocycles. The van der Waals surface area contributed by atoms with Crippen LogP contribution in [0.5, 0.6) is 11.5 Å². The second-order valence-corrected chi connectivity index (χ2v) is 8.73. The summed E-state index contributed by atoms with van der Waals surface area (Å²) in [5.74, 6) is 2.08. The van der Waals surface area contributed by atoms with E-state index in [1.807, 2.05) is 48.5 Å². The Hall–Kier alpha value is -2.93. The molecule has 0 bridgehead atoms. The molecule has 31 heavy (non-hydrogen) atoms. The fourth-order valence-electron chi connectivity index (χ4n) is 4.29. The van der Waals surface area contributed by atoms with Gasteiger partial charge in [0.25, 0.3) is 0 Å². The van der Waals surface area contributed by atoms with E-state index in [9.17, 15) is 4.79 Å². The average Bonchev–Trinajstić information content (AvgIpc) is 3.45. The fourth-order valence-corrected chi connectivity index (χ4v) is 5.13. The third-order valence-electron chi connectivity index (χ3n) is 5.86. The molecule has 0 spiro atoms. The van der Waals surface area contributed by atoms with Gasteiger partial charge < -0.3 is 18.9 Å². The molecule has 5 rings (SSSR count). The summed E-state index contributed by atoms with van der Waals surface area (Å²) in [5, 5.41) is 0.849. The number of thioether (sulfide) groups is 1. The molecule has 0 N–H and O–H groups in total. The quantitative estimate of drug-likeness (QED) is 0.559. The summed E-state index contributed by atoms with van der Waals surface area (Å²) >= 11 is 1.49. The SMILES string of the molecule is Cn1c(-c2ccccc2)cnc1SCC(=O)N1CCC[C@@H]1c1ccc2c(c1)OCCO2. The molecule has 3 aromatic rings. The van der Waals surface area contributed by atoms with Crippen molar-refractivity contribution in [2.45, 2.75) is 24.0 Å². The molecule has 7 heteroatoms. The Labute approximate surface area is 186 Å². The summed E-state index contributed by atoms with van der Waals surface area (Å²) < 4.78 is 13.4. The minimum Gasteiger partial charge on any atom is -0.486 e. The van der Waals surface area contributed by atoms with Crippen molar-refractivity contribution in [3.63, 3.8) is 0 Å². The first kappa shape index (κ1) is 20.0. The predicted octanol–water partition coefficient (Wildman–Crippen LogP) is 4.31. The molecular weight excluding hydrogens is 410 g/mol. The number of carbonyl (C=O) groups excluding carboxylic acids is 1. The maximum Gasteiger partial charge on any atom is 0.233 e. The van der Waals surface area contributed by atoms with Crippen molar-refractivity contribution in [2.75, 3.05) is 25.5 Å². The zero-order chi connectivity index (χ0) is 21.2. The number of fused-ring (bicyclic) bond motifs is 1. The molecule has 0 aliphatic carbocycles. The summed E-state index contributed by atoms with van der Waals surface area (Å²) in [4.78, 5) is 19.6. The fraction of sp³-hybridized carbons (Fsp3) is 0.333. The summed E-state index contributed by atoms with van der Waals surface area (Å²) in [5.41, 5.74) is 3.28. The molecule has 1 amide bonds. The van der Waals surface area contributed by atoms with E-state index in [-0.39, 0.29) is 11.9 Å². The number of nitrogens with zero attached hydrogens (tertiary/aromatic N) is 3. The number of amides is 1. The van der Waals surface area contributed by atoms with Crippen molar-refractivity contribution in [1.29, 1.82) is 0 Å². The Morgan fingerprint density at radius 3 is 2.77 bits per heavy atom. The first-order chi connectivity index (χ1) is 15.2. The van der Waals surface area contributed by atoms with E-state index in [1.54, 1.807) is 0 Å². The van der Waals surface area contributed by atoms with E-state index in [0.717, 1.165) is 52.9 Å². The van der Waals surface area contributed by atoms with Crippen molar-refractivity contribution in [1.82, 2.24) is 14.5 Å². The number of imidazole rings is 1. The van der Waals surface area contributed by atoms with Crippen molar-refractivity contribution in [3.8, 4) is 22.8 Å². The van der Waals surface area contributed by atoms with Gasteiger partial charge in [-0.1, -0.05) is 48.2 Å². The smallest absolute Gasteiger partial charge is 0.233 e. The van der Waals surface area contributed by atoms with Gasteiger partial charge in [-0.05, 0) is 36.1 Å². The summed E-state index contributed by atoms with van der Waals surface area (Å²) in [6.45, 7) is 1.93. The lowest BCUT2D eigenvalue weighted by atomic mass is 10.0. The highest BCUT2D eigenvalue weighted by Gasteiger charge is 2.31. The Kier molecular flexibility index (Phi) is 5.59. The van der Waals surface area contributed by atoms with E-state index in [0.29, 0.717) is 19.0 Å². The van der Waals surface area contributed by atoms with E-state index >= 15 is 0 Å². The number of rotatable bonds is 5. The van der Waals surface area contributed by atoms with Gasteiger partial charge in [-0.3, -0.25) is 4.79 Å². The van der Waals surface area contributed by atoms with Crippen LogP contribution in [0.15, 0.2) is 59.9 Å². The van der Waals surface area contributed by atoms with Crippen molar-refractivity contribution < 1.29 is 14.3 Å². The first-order valence-electron chi connectivity index (χ1n) is 10.6. The Morgan fingerprint density at radius 2 is 1.94 bits per heavy atom. The Bertz CT molecular complexity index is 1080. The number of hydrogen-bond donors (Lipinski definition) is 0. The molecule has 1 aromatic heterocycles. The van der Waals surface area contributed by atoms with Crippen LogP contribution in [-0.2, 0) is 11.8 Å². The monoisotopic (exact) mass is 435 g/mol. The van der Waals surface area contributed by atoms with Gasteiger partial charge in [-0.2, -0.15) is 0 Å². The van der Waals surface area contributed by atoms with Crippen LogP contribution in [0.4, 0.5) is 0 Å². The normalized spacial score (nSPS) is 17.7. The lowest BCUT2D eigenvalue weighted by molar-refractivity contribution is -0.129. The van der Waals surface area contributed by atoms with E-state index in [4.69, 9.17) is 9.47 Å². The van der Waals surface area contributed by atoms with Crippen LogP contribution in [0.1, 0.15) is 24.4 Å². The second-order valence-electron chi connectivity index (χ2n) is 7.79. The molecular formula is C24H25N3O3S. The highest BCUT2D eigenvalue weighted by atomic mass is 32.2. The maximum absolute atomic E-state index is 13.1. The molecule has 2 aromatic carbocycles. The Balaban J connectivity index is 1.27. The lowest BCUT2D eigenvalue weighted by Crippen LogP contribution is -2.32. The zero-order valence-electron chi connectivity index (χ0n) is 17.5. The standard InChI is InChI=1S/C24H25N3O3S/c1-26-20(17-6-3-2-4-7-17)15-25-24(26)31-16-23(28)27-11-5-8-19(27)18-9-10-21-22(14-18)30-13-12-29-21/h2-4,6-7,9-10,14-15,19H,5,8,11-13,16H2,1H3/t19-/m1/s1. The minimum absolute atomic E-state index is 0.0881. The van der Waals surface area contributed by atoms with E-state index < -0.39 is 0 Å². The molecule has 1 atom stereocenters. The van der Waals surface area contributed by atoms with Gasteiger partial charge in [0.2, 0.25) is 5.91 Å². The van der Waals surface area contributed by atoms with Gasteiger partial charge in [0.05, 0.1) is 23.7 Å². The molecule has 3 heterocycles. The van der Waals surface area contributed by atoms with Gasteiger partial charge in [-0.25, -0.2) is 4.98 Å². The highest BCUT2D eigenvalue weighted by Crippen LogP contribution is 2.38. The molecule has 0 unspecified atom stereocenters.